The first kappa shape index (κ1) is 20.3. The van der Waals surface area contributed by atoms with Gasteiger partial charge in [-0.2, -0.15) is 0 Å². The average molecular weight is 434 g/mol. The summed E-state index contributed by atoms with van der Waals surface area (Å²) in [6.07, 6.45) is 7.28. The molecule has 0 unspecified atom stereocenters. The Labute approximate surface area is 194 Å². The Morgan fingerprint density at radius 3 is 2.61 bits per heavy atom. The Bertz CT molecular complexity index is 1420. The number of carbonyl (C=O) groups is 1. The van der Waals surface area contributed by atoms with Gasteiger partial charge < -0.3 is 4.74 Å². The van der Waals surface area contributed by atoms with Crippen LogP contribution in [0.15, 0.2) is 77.9 Å². The van der Waals surface area contributed by atoms with Gasteiger partial charge in [0.15, 0.2) is 5.60 Å². The molecule has 3 aliphatic rings. The van der Waals surface area contributed by atoms with Crippen molar-refractivity contribution in [3.8, 4) is 11.8 Å². The summed E-state index contributed by atoms with van der Waals surface area (Å²) in [5.41, 5.74) is 2.22. The van der Waals surface area contributed by atoms with Crippen LogP contribution in [0, 0.1) is 11.8 Å². The molecule has 3 heterocycles. The van der Waals surface area contributed by atoms with Gasteiger partial charge in [0.2, 0.25) is 0 Å². The number of fused-ring (bicyclic) bond motifs is 6. The van der Waals surface area contributed by atoms with Gasteiger partial charge in [0.25, 0.3) is 0 Å². The van der Waals surface area contributed by atoms with Crippen LogP contribution >= 0.6 is 0 Å². The van der Waals surface area contributed by atoms with Crippen molar-refractivity contribution in [2.24, 2.45) is 0 Å². The van der Waals surface area contributed by atoms with Crippen LogP contribution in [0.4, 0.5) is 0 Å². The largest absolute Gasteiger partial charge is 0.450 e. The van der Waals surface area contributed by atoms with E-state index in [1.807, 2.05) is 0 Å². The Hall–Kier alpha value is -3.35. The van der Waals surface area contributed by atoms with Gasteiger partial charge in [-0.15, -0.1) is 0 Å². The van der Waals surface area contributed by atoms with Crippen molar-refractivity contribution in [3.63, 3.8) is 0 Å². The van der Waals surface area contributed by atoms with E-state index < -0.39 is 5.60 Å². The molecular weight excluding hydrogens is 406 g/mol. The highest BCUT2D eigenvalue weighted by Gasteiger charge is 2.51. The zero-order valence-corrected chi connectivity index (χ0v) is 19.1. The fourth-order valence-electron chi connectivity index (χ4n) is 6.01. The first-order valence-electron chi connectivity index (χ1n) is 11.9. The van der Waals surface area contributed by atoms with Crippen molar-refractivity contribution in [3.05, 3.63) is 83.5 Å². The minimum atomic E-state index is -0.645. The number of ether oxygens (including phenoxy) is 1. The number of nitrogens with zero attached hydrogens (tertiary/aromatic N) is 1. The number of benzene rings is 3. The SMILES string of the molecule is C[C@H]1C=C(C#Cc2cc3ccccc3c3ccccc23)C2=CC(=O)O[C@]2(C)[C@H]2CCCCN12. The van der Waals surface area contributed by atoms with E-state index in [1.165, 1.54) is 29.0 Å². The molecule has 3 atom stereocenters. The monoisotopic (exact) mass is 433 g/mol. The number of hydrogen-bond acceptors (Lipinski definition) is 3. The van der Waals surface area contributed by atoms with Crippen molar-refractivity contribution in [1.29, 1.82) is 0 Å². The topological polar surface area (TPSA) is 29.5 Å². The number of piperidine rings is 1. The molecule has 3 heteroatoms. The molecular formula is C30H27NO2. The second kappa shape index (κ2) is 7.61. The van der Waals surface area contributed by atoms with Gasteiger partial charge in [0.1, 0.15) is 0 Å². The summed E-state index contributed by atoms with van der Waals surface area (Å²) in [5.74, 6) is 6.70. The maximum absolute atomic E-state index is 12.4. The molecule has 0 amide bonds. The van der Waals surface area contributed by atoms with E-state index >= 15 is 0 Å². The van der Waals surface area contributed by atoms with Gasteiger partial charge >= 0.3 is 5.97 Å². The summed E-state index contributed by atoms with van der Waals surface area (Å²) >= 11 is 0. The molecule has 3 aliphatic heterocycles. The normalized spacial score (nSPS) is 27.0. The predicted molar refractivity (Wildman–Crippen MR) is 133 cm³/mol. The number of rotatable bonds is 0. The summed E-state index contributed by atoms with van der Waals surface area (Å²) in [4.78, 5) is 14.9. The Morgan fingerprint density at radius 2 is 1.76 bits per heavy atom. The smallest absolute Gasteiger partial charge is 0.332 e. The van der Waals surface area contributed by atoms with Crippen LogP contribution in [0.25, 0.3) is 21.5 Å². The molecule has 1 saturated heterocycles. The van der Waals surface area contributed by atoms with Crippen molar-refractivity contribution < 1.29 is 9.53 Å². The minimum Gasteiger partial charge on any atom is -0.450 e. The molecule has 164 valence electrons. The molecule has 0 aliphatic carbocycles. The van der Waals surface area contributed by atoms with Crippen LogP contribution < -0.4 is 0 Å². The Kier molecular flexibility index (Phi) is 4.67. The van der Waals surface area contributed by atoms with Crippen LogP contribution in [0.1, 0.15) is 38.7 Å². The van der Waals surface area contributed by atoms with Gasteiger partial charge in [-0.1, -0.05) is 72.9 Å². The fourth-order valence-corrected chi connectivity index (χ4v) is 6.01. The third kappa shape index (κ3) is 3.21. The van der Waals surface area contributed by atoms with E-state index in [0.717, 1.165) is 35.1 Å². The molecule has 3 aromatic carbocycles. The van der Waals surface area contributed by atoms with Crippen LogP contribution in [0.3, 0.4) is 0 Å². The molecule has 33 heavy (non-hydrogen) atoms. The van der Waals surface area contributed by atoms with Crippen molar-refractivity contribution in [1.82, 2.24) is 4.90 Å². The van der Waals surface area contributed by atoms with Gasteiger partial charge in [0.05, 0.1) is 6.04 Å². The van der Waals surface area contributed by atoms with Crippen LogP contribution in [0.2, 0.25) is 0 Å². The lowest BCUT2D eigenvalue weighted by Crippen LogP contribution is -2.55. The van der Waals surface area contributed by atoms with E-state index in [2.05, 4.69) is 91.3 Å². The van der Waals surface area contributed by atoms with Crippen LogP contribution in [0.5, 0.6) is 0 Å². The highest BCUT2D eigenvalue weighted by atomic mass is 16.6. The first-order valence-corrected chi connectivity index (χ1v) is 11.9. The Morgan fingerprint density at radius 1 is 1.00 bits per heavy atom. The lowest BCUT2D eigenvalue weighted by atomic mass is 9.81. The maximum Gasteiger partial charge on any atom is 0.332 e. The molecule has 1 fully saturated rings. The van der Waals surface area contributed by atoms with Crippen LogP contribution in [-0.4, -0.2) is 35.1 Å². The molecule has 0 aromatic heterocycles. The van der Waals surface area contributed by atoms with E-state index in [0.29, 0.717) is 0 Å². The predicted octanol–water partition coefficient (Wildman–Crippen LogP) is 5.77. The summed E-state index contributed by atoms with van der Waals surface area (Å²) in [5, 5.41) is 4.79. The average Bonchev–Trinajstić information content (AvgIpc) is 3.12. The number of esters is 1. The van der Waals surface area contributed by atoms with Crippen LogP contribution in [-0.2, 0) is 9.53 Å². The summed E-state index contributed by atoms with van der Waals surface area (Å²) in [6.45, 7) is 5.34. The van der Waals surface area contributed by atoms with Crippen molar-refractivity contribution in [2.45, 2.75) is 50.8 Å². The molecule has 0 N–H and O–H groups in total. The van der Waals surface area contributed by atoms with E-state index in [9.17, 15) is 4.79 Å². The summed E-state index contributed by atoms with van der Waals surface area (Å²) in [7, 11) is 0. The third-order valence-corrected chi connectivity index (χ3v) is 7.61. The third-order valence-electron chi connectivity index (χ3n) is 7.61. The second-order valence-electron chi connectivity index (χ2n) is 9.60. The van der Waals surface area contributed by atoms with Gasteiger partial charge in [0, 0.05) is 28.8 Å². The molecule has 6 rings (SSSR count). The van der Waals surface area contributed by atoms with Gasteiger partial charge in [-0.25, -0.2) is 4.79 Å². The summed E-state index contributed by atoms with van der Waals surface area (Å²) < 4.78 is 5.98. The van der Waals surface area contributed by atoms with E-state index in [1.54, 1.807) is 6.08 Å². The maximum atomic E-state index is 12.4. The lowest BCUT2D eigenvalue weighted by molar-refractivity contribution is -0.151. The molecule has 0 radical (unpaired) electrons. The van der Waals surface area contributed by atoms with E-state index in [-0.39, 0.29) is 18.1 Å². The quantitative estimate of drug-likeness (QED) is 0.256. The van der Waals surface area contributed by atoms with E-state index in [4.69, 9.17) is 4.74 Å². The molecule has 3 aromatic rings. The van der Waals surface area contributed by atoms with Crippen molar-refractivity contribution >= 4 is 27.5 Å². The van der Waals surface area contributed by atoms with Gasteiger partial charge in [-0.05, 0) is 60.8 Å². The molecule has 0 spiro atoms. The fraction of sp³-hybridized carbons (Fsp3) is 0.300. The lowest BCUT2D eigenvalue weighted by Gasteiger charge is -2.45. The number of hydrogen-bond donors (Lipinski definition) is 0. The highest BCUT2D eigenvalue weighted by Crippen LogP contribution is 2.44. The molecule has 0 bridgehead atoms. The standard InChI is InChI=1S/C30H27NO2/c1-20-17-23(27-19-29(32)33-30(27,2)28-13-7-8-16-31(20)28)15-14-22-18-21-9-3-4-10-24(21)26-12-6-5-11-25(22)26/h3-6,9-12,17-20,28H,7-8,13,16H2,1-2H3/t20-,28+,30-/m0/s1. The number of carbonyl (C=O) groups excluding carboxylic acids is 1. The van der Waals surface area contributed by atoms with Crippen molar-refractivity contribution in [2.75, 3.05) is 6.54 Å². The van der Waals surface area contributed by atoms with Gasteiger partial charge in [-0.3, -0.25) is 4.90 Å². The zero-order chi connectivity index (χ0) is 22.6. The summed E-state index contributed by atoms with van der Waals surface area (Å²) in [6, 6.07) is 19.5. The molecule has 3 nitrogen and oxygen atoms in total. The zero-order valence-electron chi connectivity index (χ0n) is 19.1. The highest BCUT2D eigenvalue weighted by molar-refractivity contribution is 6.10. The minimum absolute atomic E-state index is 0.191. The molecule has 0 saturated carbocycles. The second-order valence-corrected chi connectivity index (χ2v) is 9.60. The first-order chi connectivity index (χ1) is 16.0. The Balaban J connectivity index is 1.51.